The predicted molar refractivity (Wildman–Crippen MR) is 77.8 cm³/mol. The van der Waals surface area contributed by atoms with E-state index in [1.807, 2.05) is 18.2 Å². The summed E-state index contributed by atoms with van der Waals surface area (Å²) in [6.45, 7) is 5.38. The fraction of sp³-hybridized carbons (Fsp3) is 0.571. The van der Waals surface area contributed by atoms with E-state index in [4.69, 9.17) is 23.2 Å². The Balaban J connectivity index is 1.83. The van der Waals surface area contributed by atoms with E-state index in [0.29, 0.717) is 5.02 Å². The normalized spacial score (nSPS) is 28.5. The maximum atomic E-state index is 6.30. The van der Waals surface area contributed by atoms with Gasteiger partial charge in [0.15, 0.2) is 0 Å². The second-order valence-corrected chi connectivity index (χ2v) is 6.48. The lowest BCUT2D eigenvalue weighted by molar-refractivity contribution is 0.285. The van der Waals surface area contributed by atoms with Crippen LogP contribution < -0.4 is 10.2 Å². The van der Waals surface area contributed by atoms with Crippen molar-refractivity contribution in [2.24, 2.45) is 5.92 Å². The third-order valence-electron chi connectivity index (χ3n) is 4.16. The van der Waals surface area contributed by atoms with Crippen molar-refractivity contribution in [2.75, 3.05) is 24.5 Å². The summed E-state index contributed by atoms with van der Waals surface area (Å²) in [5.41, 5.74) is 1.34. The van der Waals surface area contributed by atoms with Gasteiger partial charge in [-0.15, -0.1) is 0 Å². The lowest BCUT2D eigenvalue weighted by Gasteiger charge is -2.43. The van der Waals surface area contributed by atoms with Gasteiger partial charge in [0.1, 0.15) is 0 Å². The molecule has 0 radical (unpaired) electrons. The summed E-state index contributed by atoms with van der Waals surface area (Å²) in [6.07, 6.45) is 2.71. The van der Waals surface area contributed by atoms with E-state index < -0.39 is 0 Å². The molecule has 1 atom stereocenters. The van der Waals surface area contributed by atoms with Crippen LogP contribution in [0.15, 0.2) is 18.2 Å². The first kappa shape index (κ1) is 12.6. The highest BCUT2D eigenvalue weighted by Crippen LogP contribution is 2.42. The molecule has 98 valence electrons. The number of rotatable bonds is 2. The molecule has 1 aromatic rings. The van der Waals surface area contributed by atoms with Crippen molar-refractivity contribution in [3.05, 3.63) is 28.2 Å². The molecule has 2 aliphatic rings. The minimum Gasteiger partial charge on any atom is -0.367 e. The Morgan fingerprint density at radius 2 is 2.11 bits per heavy atom. The second-order valence-electron chi connectivity index (χ2n) is 5.64. The molecule has 1 heterocycles. The first-order valence-corrected chi connectivity index (χ1v) is 7.29. The summed E-state index contributed by atoms with van der Waals surface area (Å²) in [5.74, 6) is 0.825. The molecule has 1 aromatic carbocycles. The highest BCUT2D eigenvalue weighted by atomic mass is 35.5. The molecule has 4 heteroatoms. The van der Waals surface area contributed by atoms with Crippen LogP contribution in [0.3, 0.4) is 0 Å². The van der Waals surface area contributed by atoms with Gasteiger partial charge >= 0.3 is 0 Å². The summed E-state index contributed by atoms with van der Waals surface area (Å²) >= 11 is 12.3. The van der Waals surface area contributed by atoms with Crippen LogP contribution >= 0.6 is 23.2 Å². The Bertz CT molecular complexity index is 459. The van der Waals surface area contributed by atoms with Gasteiger partial charge in [-0.3, -0.25) is 0 Å². The molecule has 1 N–H and O–H groups in total. The Labute approximate surface area is 118 Å². The van der Waals surface area contributed by atoms with Gasteiger partial charge in [-0.25, -0.2) is 0 Å². The second kappa shape index (κ2) is 4.59. The minimum absolute atomic E-state index is 0.237. The van der Waals surface area contributed by atoms with Crippen LogP contribution in [0.1, 0.15) is 19.8 Å². The van der Waals surface area contributed by atoms with E-state index >= 15 is 0 Å². The molecule has 1 saturated heterocycles. The van der Waals surface area contributed by atoms with Crippen molar-refractivity contribution in [3.63, 3.8) is 0 Å². The molecular weight excluding hydrogens is 267 g/mol. The molecule has 0 aromatic heterocycles. The molecular formula is C14H18Cl2N2. The lowest BCUT2D eigenvalue weighted by Crippen LogP contribution is -2.60. The van der Waals surface area contributed by atoms with E-state index in [1.165, 1.54) is 12.8 Å². The fourth-order valence-electron chi connectivity index (χ4n) is 2.95. The number of nitrogens with one attached hydrogen (secondary N) is 1. The molecule has 2 fully saturated rings. The molecule has 3 rings (SSSR count). The van der Waals surface area contributed by atoms with Crippen LogP contribution in [-0.2, 0) is 0 Å². The number of benzene rings is 1. The third kappa shape index (κ3) is 2.34. The van der Waals surface area contributed by atoms with Crippen LogP contribution in [0.25, 0.3) is 0 Å². The summed E-state index contributed by atoms with van der Waals surface area (Å²) in [5, 5.41) is 5.13. The van der Waals surface area contributed by atoms with Gasteiger partial charge in [0.2, 0.25) is 0 Å². The number of anilines is 1. The van der Waals surface area contributed by atoms with E-state index in [0.717, 1.165) is 36.3 Å². The standard InChI is InChI=1S/C14H18Cl2N2/c1-14(10-2-3-10)9-18(7-6-17-14)13-5-4-11(15)8-12(13)16/h4-5,8,10,17H,2-3,6-7,9H2,1H3. The van der Waals surface area contributed by atoms with Crippen molar-refractivity contribution in [1.82, 2.24) is 5.32 Å². The molecule has 1 aliphatic carbocycles. The number of hydrogen-bond donors (Lipinski definition) is 1. The molecule has 1 aliphatic heterocycles. The van der Waals surface area contributed by atoms with Crippen molar-refractivity contribution in [3.8, 4) is 0 Å². The van der Waals surface area contributed by atoms with Crippen molar-refractivity contribution < 1.29 is 0 Å². The van der Waals surface area contributed by atoms with Crippen LogP contribution in [0, 0.1) is 5.92 Å². The van der Waals surface area contributed by atoms with Crippen LogP contribution in [0.5, 0.6) is 0 Å². The Hall–Kier alpha value is -0.440. The highest BCUT2D eigenvalue weighted by molar-refractivity contribution is 6.36. The quantitative estimate of drug-likeness (QED) is 0.893. The number of piperazine rings is 1. The SMILES string of the molecule is CC1(C2CC2)CN(c2ccc(Cl)cc2Cl)CCN1. The Morgan fingerprint density at radius 1 is 1.33 bits per heavy atom. The summed E-state index contributed by atoms with van der Waals surface area (Å²) < 4.78 is 0. The fourth-order valence-corrected chi connectivity index (χ4v) is 3.47. The predicted octanol–water partition coefficient (Wildman–Crippen LogP) is 3.57. The molecule has 0 spiro atoms. The minimum atomic E-state index is 0.237. The van der Waals surface area contributed by atoms with Gasteiger partial charge in [-0.05, 0) is 43.9 Å². The highest BCUT2D eigenvalue weighted by Gasteiger charge is 2.44. The Morgan fingerprint density at radius 3 is 2.78 bits per heavy atom. The molecule has 2 nitrogen and oxygen atoms in total. The molecule has 1 saturated carbocycles. The largest absolute Gasteiger partial charge is 0.367 e. The summed E-state index contributed by atoms with van der Waals surface area (Å²) in [6, 6.07) is 5.78. The van der Waals surface area contributed by atoms with Crippen LogP contribution in [-0.4, -0.2) is 25.2 Å². The zero-order chi connectivity index (χ0) is 12.8. The summed E-state index contributed by atoms with van der Waals surface area (Å²) in [7, 11) is 0. The zero-order valence-electron chi connectivity index (χ0n) is 10.5. The topological polar surface area (TPSA) is 15.3 Å². The number of hydrogen-bond acceptors (Lipinski definition) is 2. The van der Waals surface area contributed by atoms with Crippen LogP contribution in [0.4, 0.5) is 5.69 Å². The van der Waals surface area contributed by atoms with Crippen LogP contribution in [0.2, 0.25) is 10.0 Å². The van der Waals surface area contributed by atoms with Crippen molar-refractivity contribution in [1.29, 1.82) is 0 Å². The maximum Gasteiger partial charge on any atom is 0.0654 e. The van der Waals surface area contributed by atoms with Gasteiger partial charge in [0.25, 0.3) is 0 Å². The average molecular weight is 285 g/mol. The number of nitrogens with zero attached hydrogens (tertiary/aromatic N) is 1. The van der Waals surface area contributed by atoms with E-state index in [-0.39, 0.29) is 5.54 Å². The molecule has 0 amide bonds. The van der Waals surface area contributed by atoms with Gasteiger partial charge in [0, 0.05) is 30.2 Å². The van der Waals surface area contributed by atoms with Crippen molar-refractivity contribution >= 4 is 28.9 Å². The van der Waals surface area contributed by atoms with Gasteiger partial charge in [-0.2, -0.15) is 0 Å². The first-order chi connectivity index (χ1) is 8.58. The molecule has 1 unspecified atom stereocenters. The number of halogens is 2. The third-order valence-corrected chi connectivity index (χ3v) is 4.70. The van der Waals surface area contributed by atoms with E-state index in [1.54, 1.807) is 0 Å². The zero-order valence-corrected chi connectivity index (χ0v) is 12.1. The Kier molecular flexibility index (Phi) is 3.21. The lowest BCUT2D eigenvalue weighted by atomic mass is 9.92. The maximum absolute atomic E-state index is 6.30. The van der Waals surface area contributed by atoms with Gasteiger partial charge in [0.05, 0.1) is 10.7 Å². The average Bonchev–Trinajstić information content (AvgIpc) is 3.12. The van der Waals surface area contributed by atoms with Gasteiger partial charge < -0.3 is 10.2 Å². The van der Waals surface area contributed by atoms with Crippen molar-refractivity contribution in [2.45, 2.75) is 25.3 Å². The first-order valence-electron chi connectivity index (χ1n) is 6.53. The smallest absolute Gasteiger partial charge is 0.0654 e. The summed E-state index contributed by atoms with van der Waals surface area (Å²) in [4.78, 5) is 2.38. The molecule has 0 bridgehead atoms. The van der Waals surface area contributed by atoms with E-state index in [2.05, 4.69) is 17.1 Å². The molecule has 18 heavy (non-hydrogen) atoms. The monoisotopic (exact) mass is 284 g/mol. The van der Waals surface area contributed by atoms with E-state index in [9.17, 15) is 0 Å². The van der Waals surface area contributed by atoms with Gasteiger partial charge in [-0.1, -0.05) is 23.2 Å².